The van der Waals surface area contributed by atoms with Gasteiger partial charge in [0.05, 0.1) is 5.75 Å². The van der Waals surface area contributed by atoms with E-state index in [9.17, 15) is 4.79 Å². The Hall–Kier alpha value is 0.0700. The van der Waals surface area contributed by atoms with Crippen LogP contribution in [0.15, 0.2) is 0 Å². The van der Waals surface area contributed by atoms with E-state index in [0.29, 0.717) is 12.3 Å². The van der Waals surface area contributed by atoms with Crippen molar-refractivity contribution in [3.63, 3.8) is 0 Å². The molecule has 0 bridgehead atoms. The Morgan fingerprint density at radius 1 is 1.47 bits per heavy atom. The summed E-state index contributed by atoms with van der Waals surface area (Å²) in [6, 6.07) is 0.128. The van der Waals surface area contributed by atoms with E-state index in [1.54, 1.807) is 16.7 Å². The normalized spacial score (nSPS) is 12.9. The molecule has 0 rings (SSSR count). The predicted molar refractivity (Wildman–Crippen MR) is 70.7 cm³/mol. The summed E-state index contributed by atoms with van der Waals surface area (Å²) in [6.07, 6.45) is 0. The van der Waals surface area contributed by atoms with Gasteiger partial charge in [0.2, 0.25) is 5.91 Å². The Morgan fingerprint density at radius 2 is 1.93 bits per heavy atom. The van der Waals surface area contributed by atoms with Gasteiger partial charge in [-0.05, 0) is 6.92 Å². The minimum absolute atomic E-state index is 0. The molecule has 0 aromatic rings. The second-order valence-corrected chi connectivity index (χ2v) is 6.29. The highest BCUT2D eigenvalue weighted by Crippen LogP contribution is 2.23. The van der Waals surface area contributed by atoms with Gasteiger partial charge in [-0.15, -0.1) is 24.2 Å². The average Bonchev–Trinajstić information content (AvgIpc) is 2.10. The third kappa shape index (κ3) is 7.94. The molecule has 1 amide bonds. The van der Waals surface area contributed by atoms with Crippen molar-refractivity contribution in [2.24, 2.45) is 5.73 Å². The van der Waals surface area contributed by atoms with Gasteiger partial charge in [-0.2, -0.15) is 0 Å². The van der Waals surface area contributed by atoms with Crippen LogP contribution in [0.25, 0.3) is 0 Å². The number of halogens is 1. The molecule has 1 unspecified atom stereocenters. The van der Waals surface area contributed by atoms with Gasteiger partial charge >= 0.3 is 0 Å². The van der Waals surface area contributed by atoms with Crippen LogP contribution in [0.3, 0.4) is 0 Å². The summed E-state index contributed by atoms with van der Waals surface area (Å²) in [4.78, 5) is 13.4. The first-order valence-electron chi connectivity index (χ1n) is 4.87. The minimum atomic E-state index is 0. The molecular formula is C10H23ClN2OS. The molecule has 0 aromatic carbocycles. The number of likely N-dealkylation sites (N-methyl/N-ethyl adjacent to an activating group) is 1. The standard InChI is InChI=1S/C10H22N2OS.ClH/c1-8(6-11)12(5)9(13)7-14-10(2,3)4;/h8H,6-7,11H2,1-5H3;1H. The van der Waals surface area contributed by atoms with E-state index in [-0.39, 0.29) is 29.1 Å². The Bertz CT molecular complexity index is 194. The van der Waals surface area contributed by atoms with Crippen LogP contribution in [0, 0.1) is 0 Å². The summed E-state index contributed by atoms with van der Waals surface area (Å²) in [6.45, 7) is 8.80. The SMILES string of the molecule is CC(CN)N(C)C(=O)CSC(C)(C)C.Cl. The minimum Gasteiger partial charge on any atom is -0.341 e. The van der Waals surface area contributed by atoms with Gasteiger partial charge in [0.1, 0.15) is 0 Å². The summed E-state index contributed by atoms with van der Waals surface area (Å²) in [5.41, 5.74) is 5.49. The monoisotopic (exact) mass is 254 g/mol. The number of hydrogen-bond acceptors (Lipinski definition) is 3. The number of nitrogens with two attached hydrogens (primary N) is 1. The molecular weight excluding hydrogens is 232 g/mol. The van der Waals surface area contributed by atoms with Gasteiger partial charge < -0.3 is 10.6 Å². The van der Waals surface area contributed by atoms with Crippen molar-refractivity contribution in [2.45, 2.75) is 38.5 Å². The van der Waals surface area contributed by atoms with Crippen LogP contribution in [-0.4, -0.2) is 40.9 Å². The van der Waals surface area contributed by atoms with Crippen LogP contribution < -0.4 is 5.73 Å². The van der Waals surface area contributed by atoms with Crippen molar-refractivity contribution < 1.29 is 4.79 Å². The van der Waals surface area contributed by atoms with E-state index in [4.69, 9.17) is 5.73 Å². The van der Waals surface area contributed by atoms with Gasteiger partial charge in [0.25, 0.3) is 0 Å². The highest BCUT2D eigenvalue weighted by atomic mass is 35.5. The summed E-state index contributed by atoms with van der Waals surface area (Å²) in [7, 11) is 1.81. The molecule has 15 heavy (non-hydrogen) atoms. The molecule has 92 valence electrons. The van der Waals surface area contributed by atoms with Crippen molar-refractivity contribution in [3.8, 4) is 0 Å². The lowest BCUT2D eigenvalue weighted by Gasteiger charge is -2.25. The molecule has 0 saturated carbocycles. The second-order valence-electron chi connectivity index (χ2n) is 4.49. The molecule has 5 heteroatoms. The smallest absolute Gasteiger partial charge is 0.232 e. The molecule has 0 radical (unpaired) electrons. The fraction of sp³-hybridized carbons (Fsp3) is 0.900. The number of carbonyl (C=O) groups is 1. The lowest BCUT2D eigenvalue weighted by molar-refractivity contribution is -0.128. The van der Waals surface area contributed by atoms with E-state index in [1.807, 2.05) is 14.0 Å². The van der Waals surface area contributed by atoms with E-state index in [1.165, 1.54) is 0 Å². The van der Waals surface area contributed by atoms with Gasteiger partial charge in [-0.25, -0.2) is 0 Å². The topological polar surface area (TPSA) is 46.3 Å². The summed E-state index contributed by atoms with van der Waals surface area (Å²) in [5, 5.41) is 0. The third-order valence-corrected chi connectivity index (χ3v) is 3.28. The first-order chi connectivity index (χ1) is 6.28. The highest BCUT2D eigenvalue weighted by Gasteiger charge is 2.18. The van der Waals surface area contributed by atoms with Crippen LogP contribution in [-0.2, 0) is 4.79 Å². The van der Waals surface area contributed by atoms with Crippen molar-refractivity contribution in [1.82, 2.24) is 4.90 Å². The summed E-state index contributed by atoms with van der Waals surface area (Å²) in [5.74, 6) is 0.688. The summed E-state index contributed by atoms with van der Waals surface area (Å²) >= 11 is 1.67. The van der Waals surface area contributed by atoms with Crippen molar-refractivity contribution in [3.05, 3.63) is 0 Å². The lowest BCUT2D eigenvalue weighted by Crippen LogP contribution is -2.41. The Morgan fingerprint density at radius 3 is 2.27 bits per heavy atom. The zero-order valence-electron chi connectivity index (χ0n) is 10.2. The molecule has 3 nitrogen and oxygen atoms in total. The average molecular weight is 255 g/mol. The molecule has 2 N–H and O–H groups in total. The molecule has 1 atom stereocenters. The fourth-order valence-electron chi connectivity index (χ4n) is 0.784. The van der Waals surface area contributed by atoms with Crippen molar-refractivity contribution in [2.75, 3.05) is 19.3 Å². The lowest BCUT2D eigenvalue weighted by atomic mass is 10.3. The second kappa shape index (κ2) is 7.36. The predicted octanol–water partition coefficient (Wildman–Crippen LogP) is 1.75. The van der Waals surface area contributed by atoms with E-state index < -0.39 is 0 Å². The Kier molecular flexibility index (Phi) is 8.57. The fourth-order valence-corrected chi connectivity index (χ4v) is 1.54. The summed E-state index contributed by atoms with van der Waals surface area (Å²) < 4.78 is 0.141. The maximum absolute atomic E-state index is 11.6. The molecule has 0 aromatic heterocycles. The number of rotatable bonds is 4. The molecule has 0 aliphatic heterocycles. The molecule has 0 fully saturated rings. The largest absolute Gasteiger partial charge is 0.341 e. The van der Waals surface area contributed by atoms with Crippen LogP contribution in [0.5, 0.6) is 0 Å². The molecule has 0 aliphatic rings. The van der Waals surface area contributed by atoms with Crippen LogP contribution in [0.4, 0.5) is 0 Å². The maximum atomic E-state index is 11.6. The van der Waals surface area contributed by atoms with E-state index in [0.717, 1.165) is 0 Å². The number of hydrogen-bond donors (Lipinski definition) is 1. The van der Waals surface area contributed by atoms with Gasteiger partial charge in [0.15, 0.2) is 0 Å². The number of nitrogens with zero attached hydrogens (tertiary/aromatic N) is 1. The van der Waals surface area contributed by atoms with E-state index >= 15 is 0 Å². The molecule has 0 heterocycles. The number of amides is 1. The molecule has 0 spiro atoms. The maximum Gasteiger partial charge on any atom is 0.232 e. The zero-order valence-corrected chi connectivity index (χ0v) is 11.9. The number of thioether (sulfide) groups is 1. The van der Waals surface area contributed by atoms with Crippen LogP contribution in [0.2, 0.25) is 0 Å². The molecule has 0 aliphatic carbocycles. The quantitative estimate of drug-likeness (QED) is 0.832. The van der Waals surface area contributed by atoms with E-state index in [2.05, 4.69) is 20.8 Å². The Balaban J connectivity index is 0. The van der Waals surface area contributed by atoms with Gasteiger partial charge in [0, 0.05) is 24.4 Å². The van der Waals surface area contributed by atoms with Crippen molar-refractivity contribution >= 4 is 30.1 Å². The van der Waals surface area contributed by atoms with Gasteiger partial charge in [-0.3, -0.25) is 4.79 Å². The van der Waals surface area contributed by atoms with Crippen LogP contribution in [0.1, 0.15) is 27.7 Å². The first-order valence-corrected chi connectivity index (χ1v) is 5.86. The molecule has 0 saturated heterocycles. The Labute approximate surface area is 104 Å². The first kappa shape index (κ1) is 17.5. The van der Waals surface area contributed by atoms with Gasteiger partial charge in [-0.1, -0.05) is 20.8 Å². The van der Waals surface area contributed by atoms with Crippen molar-refractivity contribution in [1.29, 1.82) is 0 Å². The third-order valence-electron chi connectivity index (χ3n) is 2.02. The number of carbonyl (C=O) groups excluding carboxylic acids is 1. The van der Waals surface area contributed by atoms with Crippen LogP contribution >= 0.6 is 24.2 Å². The highest BCUT2D eigenvalue weighted by molar-refractivity contribution is 8.01. The zero-order chi connectivity index (χ0) is 11.4.